The van der Waals surface area contributed by atoms with Crippen LogP contribution in [0.2, 0.25) is 5.02 Å². The lowest BCUT2D eigenvalue weighted by Crippen LogP contribution is -2.52. The monoisotopic (exact) mass is 530 g/mol. The largest absolute Gasteiger partial charge is 0.444 e. The first kappa shape index (κ1) is 29.6. The fourth-order valence-electron chi connectivity index (χ4n) is 3.79. The van der Waals surface area contributed by atoms with Gasteiger partial charge in [0, 0.05) is 7.05 Å². The maximum atomic E-state index is 13.7. The van der Waals surface area contributed by atoms with E-state index < -0.39 is 47.9 Å². The highest BCUT2D eigenvalue weighted by molar-refractivity contribution is 6.34. The van der Waals surface area contributed by atoms with Crippen molar-refractivity contribution in [2.45, 2.75) is 65.6 Å². The Morgan fingerprint density at radius 1 is 1.05 bits per heavy atom. The molecule has 2 aromatic carbocycles. The number of halogens is 1. The summed E-state index contributed by atoms with van der Waals surface area (Å²) >= 11 is 6.33. The third-order valence-electron chi connectivity index (χ3n) is 5.58. The molecule has 0 bridgehead atoms. The van der Waals surface area contributed by atoms with Crippen LogP contribution in [-0.2, 0) is 19.1 Å². The van der Waals surface area contributed by atoms with Crippen LogP contribution in [0.5, 0.6) is 0 Å². The molecule has 0 aliphatic carbocycles. The summed E-state index contributed by atoms with van der Waals surface area (Å²) in [4.78, 5) is 52.7. The van der Waals surface area contributed by atoms with Gasteiger partial charge in [-0.1, -0.05) is 47.5 Å². The molecule has 0 spiro atoms. The number of ether oxygens (including phenoxy) is 1. The maximum Gasteiger partial charge on any atom is 0.408 e. The molecule has 0 aliphatic heterocycles. The minimum absolute atomic E-state index is 0.347. The number of primary amides is 1. The summed E-state index contributed by atoms with van der Waals surface area (Å²) in [6, 6.07) is 8.32. The number of nitrogens with one attached hydrogen (secondary N) is 2. The number of alkyl carbamates (subject to hydrolysis) is 1. The number of likely N-dealkylation sites (N-methyl/N-ethyl adjacent to an activating group) is 1. The third-order valence-corrected chi connectivity index (χ3v) is 5.89. The van der Waals surface area contributed by atoms with Crippen LogP contribution in [-0.4, -0.2) is 47.4 Å². The van der Waals surface area contributed by atoms with Crippen molar-refractivity contribution in [2.24, 2.45) is 5.73 Å². The van der Waals surface area contributed by atoms with Gasteiger partial charge in [-0.25, -0.2) is 4.79 Å². The van der Waals surface area contributed by atoms with E-state index in [0.717, 1.165) is 16.7 Å². The molecule has 37 heavy (non-hydrogen) atoms. The molecule has 0 heterocycles. The van der Waals surface area contributed by atoms with Crippen LogP contribution in [0, 0.1) is 20.8 Å². The van der Waals surface area contributed by atoms with Crippen LogP contribution < -0.4 is 16.4 Å². The number of para-hydroxylation sites is 1. The quantitative estimate of drug-likeness (QED) is 0.471. The van der Waals surface area contributed by atoms with Crippen LogP contribution >= 0.6 is 11.6 Å². The minimum atomic E-state index is -1.35. The van der Waals surface area contributed by atoms with E-state index in [4.69, 9.17) is 22.1 Å². The Labute approximate surface area is 222 Å². The van der Waals surface area contributed by atoms with Crippen LogP contribution in [0.25, 0.3) is 0 Å². The number of nitrogens with two attached hydrogens (primary N) is 1. The first-order valence-corrected chi connectivity index (χ1v) is 12.2. The molecule has 4 amide bonds. The smallest absolute Gasteiger partial charge is 0.408 e. The maximum absolute atomic E-state index is 13.7. The Bertz CT molecular complexity index is 1170. The fraction of sp³-hybridized carbons (Fsp3) is 0.407. The Morgan fingerprint density at radius 2 is 1.70 bits per heavy atom. The molecule has 0 radical (unpaired) electrons. The summed E-state index contributed by atoms with van der Waals surface area (Å²) in [5.41, 5.74) is 7.93. The Morgan fingerprint density at radius 3 is 2.27 bits per heavy atom. The first-order chi connectivity index (χ1) is 17.1. The molecule has 2 atom stereocenters. The van der Waals surface area contributed by atoms with E-state index in [0.29, 0.717) is 16.3 Å². The van der Waals surface area contributed by atoms with E-state index in [1.54, 1.807) is 45.9 Å². The second-order valence-electron chi connectivity index (χ2n) is 10.0. The molecule has 10 heteroatoms. The molecule has 0 saturated heterocycles. The van der Waals surface area contributed by atoms with Gasteiger partial charge < -0.3 is 26.0 Å². The molecule has 2 aromatic rings. The molecule has 2 unspecified atom stereocenters. The standard InChI is InChI=1S/C27H35ClN4O5/c1-15-11-12-16(2)18(13-15)23(24(34)31-22-17(3)9-8-10-19(22)28)32(7)25(35)20(14-21(29)33)30-26(36)37-27(4,5)6/h8-13,20,23H,14H2,1-7H3,(H2,29,33)(H,30,36)(H,31,34). The van der Waals surface area contributed by atoms with Crippen molar-refractivity contribution in [3.05, 3.63) is 63.7 Å². The molecule has 0 aliphatic rings. The summed E-state index contributed by atoms with van der Waals surface area (Å²) in [6.07, 6.45) is -1.37. The highest BCUT2D eigenvalue weighted by atomic mass is 35.5. The number of hydrogen-bond donors (Lipinski definition) is 3. The molecule has 4 N–H and O–H groups in total. The van der Waals surface area contributed by atoms with E-state index in [9.17, 15) is 19.2 Å². The van der Waals surface area contributed by atoms with Gasteiger partial charge in [-0.3, -0.25) is 14.4 Å². The van der Waals surface area contributed by atoms with Gasteiger partial charge in [0.15, 0.2) is 0 Å². The van der Waals surface area contributed by atoms with Gasteiger partial charge in [0.05, 0.1) is 17.1 Å². The van der Waals surface area contributed by atoms with Crippen molar-refractivity contribution in [1.82, 2.24) is 10.2 Å². The summed E-state index contributed by atoms with van der Waals surface area (Å²) in [6.45, 7) is 10.5. The van der Waals surface area contributed by atoms with Gasteiger partial charge in [0.1, 0.15) is 17.7 Å². The second-order valence-corrected chi connectivity index (χ2v) is 10.4. The summed E-state index contributed by atoms with van der Waals surface area (Å²) in [7, 11) is 1.43. The molecule has 200 valence electrons. The topological polar surface area (TPSA) is 131 Å². The zero-order valence-corrected chi connectivity index (χ0v) is 23.0. The molecule has 0 aromatic heterocycles. The van der Waals surface area contributed by atoms with E-state index in [2.05, 4.69) is 10.6 Å². The molecule has 0 saturated carbocycles. The Hall–Kier alpha value is -3.59. The lowest BCUT2D eigenvalue weighted by molar-refractivity contribution is -0.140. The average Bonchev–Trinajstić information content (AvgIpc) is 2.76. The van der Waals surface area contributed by atoms with Gasteiger partial charge in [-0.05, 0) is 64.3 Å². The minimum Gasteiger partial charge on any atom is -0.444 e. The van der Waals surface area contributed by atoms with Crippen molar-refractivity contribution in [2.75, 3.05) is 12.4 Å². The van der Waals surface area contributed by atoms with Gasteiger partial charge in [-0.15, -0.1) is 0 Å². The zero-order valence-electron chi connectivity index (χ0n) is 22.3. The normalized spacial score (nSPS) is 12.8. The third kappa shape index (κ3) is 8.21. The van der Waals surface area contributed by atoms with Crippen molar-refractivity contribution in [1.29, 1.82) is 0 Å². The number of rotatable bonds is 8. The lowest BCUT2D eigenvalue weighted by atomic mass is 9.96. The highest BCUT2D eigenvalue weighted by Gasteiger charge is 2.36. The van der Waals surface area contributed by atoms with Gasteiger partial charge in [0.2, 0.25) is 11.8 Å². The van der Waals surface area contributed by atoms with Crippen LogP contribution in [0.1, 0.15) is 55.5 Å². The summed E-state index contributed by atoms with van der Waals surface area (Å²) in [5, 5.41) is 5.61. The second kappa shape index (κ2) is 12.1. The predicted octanol–water partition coefficient (Wildman–Crippen LogP) is 4.17. The van der Waals surface area contributed by atoms with Crippen LogP contribution in [0.3, 0.4) is 0 Å². The fourth-order valence-corrected chi connectivity index (χ4v) is 4.06. The number of carbonyl (C=O) groups excluding carboxylic acids is 4. The van der Waals surface area contributed by atoms with Gasteiger partial charge in [-0.2, -0.15) is 0 Å². The number of benzene rings is 2. The number of hydrogen-bond acceptors (Lipinski definition) is 5. The molecular weight excluding hydrogens is 496 g/mol. The van der Waals surface area contributed by atoms with Crippen LogP contribution in [0.15, 0.2) is 36.4 Å². The number of anilines is 1. The average molecular weight is 531 g/mol. The molecular formula is C27H35ClN4O5. The number of amides is 4. The van der Waals surface area contributed by atoms with Crippen LogP contribution in [0.4, 0.5) is 10.5 Å². The SMILES string of the molecule is Cc1ccc(C)c(C(C(=O)Nc2c(C)cccc2Cl)N(C)C(=O)C(CC(N)=O)NC(=O)OC(C)(C)C)c1. The summed E-state index contributed by atoms with van der Waals surface area (Å²) in [5.74, 6) is -2.01. The Kier molecular flexibility index (Phi) is 9.69. The number of aryl methyl sites for hydroxylation is 3. The molecule has 9 nitrogen and oxygen atoms in total. The number of carbonyl (C=O) groups is 4. The predicted molar refractivity (Wildman–Crippen MR) is 143 cm³/mol. The van der Waals surface area contributed by atoms with Crippen molar-refractivity contribution in [3.63, 3.8) is 0 Å². The van der Waals surface area contributed by atoms with Crippen molar-refractivity contribution in [3.8, 4) is 0 Å². The Balaban J connectivity index is 2.50. The van der Waals surface area contributed by atoms with E-state index >= 15 is 0 Å². The first-order valence-electron chi connectivity index (χ1n) is 11.8. The van der Waals surface area contributed by atoms with E-state index in [1.807, 2.05) is 32.0 Å². The summed E-state index contributed by atoms with van der Waals surface area (Å²) < 4.78 is 5.25. The zero-order chi connectivity index (χ0) is 28.1. The molecule has 2 rings (SSSR count). The van der Waals surface area contributed by atoms with E-state index in [-0.39, 0.29) is 0 Å². The highest BCUT2D eigenvalue weighted by Crippen LogP contribution is 2.30. The number of nitrogens with zero attached hydrogens (tertiary/aromatic N) is 1. The molecule has 0 fully saturated rings. The van der Waals surface area contributed by atoms with E-state index in [1.165, 1.54) is 11.9 Å². The van der Waals surface area contributed by atoms with Crippen molar-refractivity contribution < 1.29 is 23.9 Å². The van der Waals surface area contributed by atoms with Gasteiger partial charge in [0.25, 0.3) is 5.91 Å². The van der Waals surface area contributed by atoms with Crippen molar-refractivity contribution >= 4 is 41.1 Å². The van der Waals surface area contributed by atoms with Gasteiger partial charge >= 0.3 is 6.09 Å². The lowest BCUT2D eigenvalue weighted by Gasteiger charge is -2.32.